The maximum Gasteiger partial charge on any atom is 0.191 e. The molecule has 0 saturated heterocycles. The Hall–Kier alpha value is -2.47. The van der Waals surface area contributed by atoms with Crippen molar-refractivity contribution in [3.63, 3.8) is 0 Å². The standard InChI is InChI=1S/C19H29N5O/c1-20-19(21-11-14-24-12-7-8-13-24)22-15-17(23(2)3)16-9-5-6-10-18(16)25-4/h5-10,12-13,17H,11,14-15H2,1-4H3,(H2,20,21,22). The molecule has 25 heavy (non-hydrogen) atoms. The zero-order valence-corrected chi connectivity index (χ0v) is 15.6. The third-order valence-electron chi connectivity index (χ3n) is 4.14. The molecule has 0 radical (unpaired) electrons. The maximum atomic E-state index is 5.51. The van der Waals surface area contributed by atoms with Crippen LogP contribution < -0.4 is 15.4 Å². The first-order chi connectivity index (χ1) is 12.2. The number of methoxy groups -OCH3 is 1. The Morgan fingerprint density at radius 1 is 1.16 bits per heavy atom. The summed E-state index contributed by atoms with van der Waals surface area (Å²) in [6, 6.07) is 12.4. The zero-order chi connectivity index (χ0) is 18.1. The predicted molar refractivity (Wildman–Crippen MR) is 103 cm³/mol. The van der Waals surface area contributed by atoms with Crippen molar-refractivity contribution in [3.05, 3.63) is 54.4 Å². The summed E-state index contributed by atoms with van der Waals surface area (Å²) in [5.74, 6) is 1.70. The van der Waals surface area contributed by atoms with E-state index in [1.807, 2.05) is 30.3 Å². The maximum absolute atomic E-state index is 5.51. The molecule has 2 N–H and O–H groups in total. The van der Waals surface area contributed by atoms with Crippen LogP contribution >= 0.6 is 0 Å². The first-order valence-corrected chi connectivity index (χ1v) is 8.50. The number of para-hydroxylation sites is 1. The second-order valence-corrected chi connectivity index (χ2v) is 6.02. The van der Waals surface area contributed by atoms with Crippen LogP contribution in [0.3, 0.4) is 0 Å². The Balaban J connectivity index is 1.92. The number of guanidine groups is 1. The van der Waals surface area contributed by atoms with Gasteiger partial charge in [0.1, 0.15) is 5.75 Å². The van der Waals surface area contributed by atoms with Gasteiger partial charge < -0.3 is 24.8 Å². The molecule has 2 aromatic rings. The molecule has 0 aliphatic rings. The third-order valence-corrected chi connectivity index (χ3v) is 4.14. The molecule has 136 valence electrons. The average Bonchev–Trinajstić information content (AvgIpc) is 3.14. The van der Waals surface area contributed by atoms with Crippen molar-refractivity contribution in [2.24, 2.45) is 4.99 Å². The smallest absolute Gasteiger partial charge is 0.191 e. The second kappa shape index (κ2) is 9.74. The second-order valence-electron chi connectivity index (χ2n) is 6.02. The Morgan fingerprint density at radius 2 is 1.88 bits per heavy atom. The van der Waals surface area contributed by atoms with E-state index in [1.54, 1.807) is 14.2 Å². The summed E-state index contributed by atoms with van der Waals surface area (Å²) >= 11 is 0. The number of likely N-dealkylation sites (N-methyl/N-ethyl adjacent to an activating group) is 1. The summed E-state index contributed by atoms with van der Waals surface area (Å²) in [6.45, 7) is 2.45. The largest absolute Gasteiger partial charge is 0.496 e. The minimum atomic E-state index is 0.180. The third kappa shape index (κ3) is 5.53. The lowest BCUT2D eigenvalue weighted by atomic mass is 10.0. The van der Waals surface area contributed by atoms with Crippen molar-refractivity contribution in [2.75, 3.05) is 41.3 Å². The van der Waals surface area contributed by atoms with Gasteiger partial charge in [0.05, 0.1) is 13.2 Å². The molecular weight excluding hydrogens is 314 g/mol. The molecule has 2 rings (SSSR count). The van der Waals surface area contributed by atoms with Crippen molar-refractivity contribution >= 4 is 5.96 Å². The van der Waals surface area contributed by atoms with E-state index in [2.05, 4.69) is 57.6 Å². The Bertz CT molecular complexity index is 652. The highest BCUT2D eigenvalue weighted by Gasteiger charge is 2.18. The first-order valence-electron chi connectivity index (χ1n) is 8.50. The molecule has 1 unspecified atom stereocenters. The molecule has 1 aromatic heterocycles. The summed E-state index contributed by atoms with van der Waals surface area (Å²) < 4.78 is 7.65. The fourth-order valence-electron chi connectivity index (χ4n) is 2.75. The summed E-state index contributed by atoms with van der Waals surface area (Å²) in [5, 5.41) is 6.76. The summed E-state index contributed by atoms with van der Waals surface area (Å²) in [7, 11) is 7.64. The molecule has 0 spiro atoms. The van der Waals surface area contributed by atoms with Crippen molar-refractivity contribution in [1.82, 2.24) is 20.1 Å². The van der Waals surface area contributed by atoms with Crippen LogP contribution in [0.2, 0.25) is 0 Å². The van der Waals surface area contributed by atoms with Gasteiger partial charge in [0.2, 0.25) is 0 Å². The molecular formula is C19H29N5O. The van der Waals surface area contributed by atoms with Crippen LogP contribution in [-0.2, 0) is 6.54 Å². The minimum Gasteiger partial charge on any atom is -0.496 e. The zero-order valence-electron chi connectivity index (χ0n) is 15.6. The van der Waals surface area contributed by atoms with Crippen LogP contribution in [0, 0.1) is 0 Å². The number of hydrogen-bond acceptors (Lipinski definition) is 3. The van der Waals surface area contributed by atoms with E-state index in [4.69, 9.17) is 4.74 Å². The van der Waals surface area contributed by atoms with Gasteiger partial charge in [-0.25, -0.2) is 0 Å². The van der Waals surface area contributed by atoms with E-state index < -0.39 is 0 Å². The van der Waals surface area contributed by atoms with Gasteiger partial charge in [0, 0.05) is 44.6 Å². The van der Waals surface area contributed by atoms with Crippen LogP contribution in [0.5, 0.6) is 5.75 Å². The number of aromatic nitrogens is 1. The lowest BCUT2D eigenvalue weighted by Gasteiger charge is -2.27. The molecule has 6 nitrogen and oxygen atoms in total. The summed E-state index contributed by atoms with van der Waals surface area (Å²) in [5.41, 5.74) is 1.16. The monoisotopic (exact) mass is 343 g/mol. The number of nitrogens with zero attached hydrogens (tertiary/aromatic N) is 3. The van der Waals surface area contributed by atoms with E-state index in [-0.39, 0.29) is 6.04 Å². The first kappa shape index (κ1) is 18.9. The minimum absolute atomic E-state index is 0.180. The molecule has 0 bridgehead atoms. The lowest BCUT2D eigenvalue weighted by Crippen LogP contribution is -2.42. The number of rotatable bonds is 8. The van der Waals surface area contributed by atoms with E-state index in [0.717, 1.165) is 36.9 Å². The van der Waals surface area contributed by atoms with Gasteiger partial charge in [-0.05, 0) is 32.3 Å². The van der Waals surface area contributed by atoms with E-state index >= 15 is 0 Å². The Labute approximate surface area is 150 Å². The van der Waals surface area contributed by atoms with Crippen molar-refractivity contribution in [1.29, 1.82) is 0 Å². The van der Waals surface area contributed by atoms with Gasteiger partial charge in [0.15, 0.2) is 5.96 Å². The van der Waals surface area contributed by atoms with E-state index in [1.165, 1.54) is 0 Å². The topological polar surface area (TPSA) is 53.8 Å². The molecule has 1 atom stereocenters. The predicted octanol–water partition coefficient (Wildman–Crippen LogP) is 1.96. The number of aliphatic imine (C=N–C) groups is 1. The van der Waals surface area contributed by atoms with Crippen molar-refractivity contribution in [2.45, 2.75) is 12.6 Å². The lowest BCUT2D eigenvalue weighted by molar-refractivity contribution is 0.287. The van der Waals surface area contributed by atoms with Crippen molar-refractivity contribution in [3.8, 4) is 5.75 Å². The molecule has 0 aliphatic carbocycles. The number of nitrogens with one attached hydrogen (secondary N) is 2. The normalized spacial score (nSPS) is 12.9. The number of benzene rings is 1. The summed E-state index contributed by atoms with van der Waals surface area (Å²) in [4.78, 5) is 6.49. The summed E-state index contributed by atoms with van der Waals surface area (Å²) in [6.07, 6.45) is 4.11. The van der Waals surface area contributed by atoms with Gasteiger partial charge in [0.25, 0.3) is 0 Å². The quantitative estimate of drug-likeness (QED) is 0.568. The molecule has 0 aliphatic heterocycles. The van der Waals surface area contributed by atoms with Crippen LogP contribution in [-0.4, -0.2) is 56.8 Å². The highest BCUT2D eigenvalue weighted by atomic mass is 16.5. The van der Waals surface area contributed by atoms with Gasteiger partial charge in [-0.3, -0.25) is 4.99 Å². The van der Waals surface area contributed by atoms with Gasteiger partial charge in [-0.1, -0.05) is 18.2 Å². The molecule has 0 saturated carbocycles. The average molecular weight is 343 g/mol. The van der Waals surface area contributed by atoms with Gasteiger partial charge >= 0.3 is 0 Å². The highest BCUT2D eigenvalue weighted by molar-refractivity contribution is 5.79. The number of hydrogen-bond donors (Lipinski definition) is 2. The number of ether oxygens (including phenoxy) is 1. The van der Waals surface area contributed by atoms with Gasteiger partial charge in [-0.2, -0.15) is 0 Å². The van der Waals surface area contributed by atoms with Crippen LogP contribution in [0.1, 0.15) is 11.6 Å². The Kier molecular flexibility index (Phi) is 7.35. The van der Waals surface area contributed by atoms with E-state index in [9.17, 15) is 0 Å². The highest BCUT2D eigenvalue weighted by Crippen LogP contribution is 2.27. The fourth-order valence-corrected chi connectivity index (χ4v) is 2.75. The molecule has 0 fully saturated rings. The van der Waals surface area contributed by atoms with E-state index in [0.29, 0.717) is 0 Å². The van der Waals surface area contributed by atoms with Crippen LogP contribution in [0.15, 0.2) is 53.8 Å². The fraction of sp³-hybridized carbons (Fsp3) is 0.421. The van der Waals surface area contributed by atoms with Crippen LogP contribution in [0.4, 0.5) is 0 Å². The van der Waals surface area contributed by atoms with Gasteiger partial charge in [-0.15, -0.1) is 0 Å². The molecule has 0 amide bonds. The SMILES string of the molecule is CN=C(NCCn1cccc1)NCC(c1ccccc1OC)N(C)C. The Morgan fingerprint density at radius 3 is 2.52 bits per heavy atom. The van der Waals surface area contributed by atoms with Crippen LogP contribution in [0.25, 0.3) is 0 Å². The molecule has 6 heteroatoms. The van der Waals surface area contributed by atoms with Crippen molar-refractivity contribution < 1.29 is 4.74 Å². The molecule has 1 aromatic carbocycles. The molecule has 1 heterocycles.